The lowest BCUT2D eigenvalue weighted by Crippen LogP contribution is -2.44. The van der Waals surface area contributed by atoms with E-state index >= 15 is 0 Å². The van der Waals surface area contributed by atoms with Gasteiger partial charge in [-0.1, -0.05) is 19.3 Å². The quantitative estimate of drug-likeness (QED) is 0.813. The summed E-state index contributed by atoms with van der Waals surface area (Å²) in [5.41, 5.74) is -0.242. The predicted octanol–water partition coefficient (Wildman–Crippen LogP) is 2.46. The van der Waals surface area contributed by atoms with Crippen molar-refractivity contribution in [3.8, 4) is 0 Å². The highest BCUT2D eigenvalue weighted by Crippen LogP contribution is 2.48. The average molecular weight is 281 g/mol. The first-order chi connectivity index (χ1) is 9.46. The smallest absolute Gasteiger partial charge is 0.220 e. The van der Waals surface area contributed by atoms with Crippen molar-refractivity contribution in [2.45, 2.75) is 70.4 Å². The molecule has 3 atom stereocenters. The van der Waals surface area contributed by atoms with Crippen LogP contribution < -0.4 is 5.32 Å². The second-order valence-corrected chi connectivity index (χ2v) is 6.69. The maximum absolute atomic E-state index is 12.2. The maximum Gasteiger partial charge on any atom is 0.220 e. The van der Waals surface area contributed by atoms with Gasteiger partial charge in [0.05, 0.1) is 11.6 Å². The fraction of sp³-hybridized carbons (Fsp3) is 0.875. The molecular weight excluding hydrogens is 254 g/mol. The van der Waals surface area contributed by atoms with Crippen LogP contribution in [0.4, 0.5) is 0 Å². The maximum atomic E-state index is 12.2. The Kier molecular flexibility index (Phi) is 4.84. The molecule has 0 bridgehead atoms. The summed E-state index contributed by atoms with van der Waals surface area (Å²) >= 11 is 0. The molecule has 2 rings (SSSR count). The van der Waals surface area contributed by atoms with Crippen LogP contribution in [-0.4, -0.2) is 30.4 Å². The first kappa shape index (κ1) is 15.5. The van der Waals surface area contributed by atoms with E-state index in [0.717, 1.165) is 19.3 Å². The van der Waals surface area contributed by atoms with E-state index in [-0.39, 0.29) is 29.3 Å². The Morgan fingerprint density at radius 3 is 2.45 bits per heavy atom. The van der Waals surface area contributed by atoms with Crippen molar-refractivity contribution in [3.63, 3.8) is 0 Å². The largest absolute Gasteiger partial charge is 0.378 e. The molecular formula is C16H27NO3. The summed E-state index contributed by atoms with van der Waals surface area (Å²) in [5, 5.41) is 2.95. The highest BCUT2D eigenvalue weighted by Gasteiger charge is 2.56. The van der Waals surface area contributed by atoms with Crippen molar-refractivity contribution in [2.24, 2.45) is 11.8 Å². The van der Waals surface area contributed by atoms with Gasteiger partial charge in [0, 0.05) is 19.4 Å². The number of amides is 1. The van der Waals surface area contributed by atoms with Gasteiger partial charge in [0.1, 0.15) is 0 Å². The number of nitrogens with one attached hydrogen (secondary N) is 1. The third kappa shape index (κ3) is 3.60. The van der Waals surface area contributed by atoms with Crippen LogP contribution in [0.25, 0.3) is 0 Å². The summed E-state index contributed by atoms with van der Waals surface area (Å²) in [5.74, 6) is 0.694. The third-order valence-corrected chi connectivity index (χ3v) is 5.07. The van der Waals surface area contributed by atoms with E-state index in [1.54, 1.807) is 14.0 Å². The number of rotatable bonds is 6. The van der Waals surface area contributed by atoms with Gasteiger partial charge in [-0.3, -0.25) is 9.59 Å². The third-order valence-electron chi connectivity index (χ3n) is 5.07. The van der Waals surface area contributed by atoms with Gasteiger partial charge >= 0.3 is 0 Å². The lowest BCUT2D eigenvalue weighted by atomic mass is 9.86. The minimum absolute atomic E-state index is 0.0300. The van der Waals surface area contributed by atoms with Crippen molar-refractivity contribution >= 4 is 11.7 Å². The lowest BCUT2D eigenvalue weighted by Gasteiger charge is -2.23. The summed E-state index contributed by atoms with van der Waals surface area (Å²) < 4.78 is 5.42. The molecule has 0 heterocycles. The minimum atomic E-state index is -0.379. The Hall–Kier alpha value is -0.900. The zero-order chi connectivity index (χ0) is 14.8. The molecule has 4 nitrogen and oxygen atoms in total. The van der Waals surface area contributed by atoms with Gasteiger partial charge in [-0.15, -0.1) is 0 Å². The van der Waals surface area contributed by atoms with Crippen molar-refractivity contribution in [1.29, 1.82) is 0 Å². The lowest BCUT2D eigenvalue weighted by molar-refractivity contribution is -0.128. The first-order valence-electron chi connectivity index (χ1n) is 7.81. The summed E-state index contributed by atoms with van der Waals surface area (Å²) in [6.45, 7) is 3.56. The highest BCUT2D eigenvalue weighted by molar-refractivity contribution is 5.88. The van der Waals surface area contributed by atoms with Gasteiger partial charge in [-0.2, -0.15) is 0 Å². The fourth-order valence-corrected chi connectivity index (χ4v) is 3.45. The van der Waals surface area contributed by atoms with Crippen LogP contribution in [0, 0.1) is 11.8 Å². The molecule has 2 aliphatic carbocycles. The standard InChI is InChI=1S/C16H27NO3/c1-11(18)15(13-10-16(13,2)20-3)17-14(19)9-12-7-5-4-6-8-12/h12-13,15H,4-10H2,1-3H3,(H,17,19)/t13-,15+,16?/m0/s1. The van der Waals surface area contributed by atoms with Crippen LogP contribution in [0.2, 0.25) is 0 Å². The Balaban J connectivity index is 1.85. The predicted molar refractivity (Wildman–Crippen MR) is 77.3 cm³/mol. The zero-order valence-corrected chi connectivity index (χ0v) is 12.9. The molecule has 0 saturated heterocycles. The molecule has 0 radical (unpaired) electrons. The minimum Gasteiger partial charge on any atom is -0.378 e. The number of hydrogen-bond acceptors (Lipinski definition) is 3. The average Bonchev–Trinajstić information content (AvgIpc) is 3.09. The van der Waals surface area contributed by atoms with Crippen LogP contribution in [0.5, 0.6) is 0 Å². The van der Waals surface area contributed by atoms with Gasteiger partial charge in [0.25, 0.3) is 0 Å². The Morgan fingerprint density at radius 2 is 1.95 bits per heavy atom. The summed E-state index contributed by atoms with van der Waals surface area (Å²) in [6, 6.07) is -0.379. The topological polar surface area (TPSA) is 55.4 Å². The van der Waals surface area contributed by atoms with Crippen LogP contribution in [0.1, 0.15) is 58.8 Å². The number of Topliss-reactive ketones (excluding diaryl/α,β-unsaturated/α-hetero) is 1. The molecule has 1 N–H and O–H groups in total. The molecule has 0 aliphatic heterocycles. The SMILES string of the molecule is COC1(C)C[C@H]1[C@H](NC(=O)CC1CCCCC1)C(C)=O. The number of ether oxygens (including phenoxy) is 1. The number of hydrogen-bond donors (Lipinski definition) is 1. The van der Waals surface area contributed by atoms with E-state index in [9.17, 15) is 9.59 Å². The van der Waals surface area contributed by atoms with E-state index in [0.29, 0.717) is 12.3 Å². The van der Waals surface area contributed by atoms with Gasteiger partial charge in [-0.05, 0) is 39.0 Å². The zero-order valence-electron chi connectivity index (χ0n) is 12.9. The number of ketones is 1. The van der Waals surface area contributed by atoms with Gasteiger partial charge < -0.3 is 10.1 Å². The molecule has 114 valence electrons. The molecule has 2 fully saturated rings. The Labute approximate surface area is 121 Å². The van der Waals surface area contributed by atoms with Crippen molar-refractivity contribution in [1.82, 2.24) is 5.32 Å². The molecule has 0 aromatic carbocycles. The molecule has 20 heavy (non-hydrogen) atoms. The summed E-state index contributed by atoms with van der Waals surface area (Å²) in [4.78, 5) is 23.9. The van der Waals surface area contributed by atoms with E-state index in [1.165, 1.54) is 19.3 Å². The van der Waals surface area contributed by atoms with Crippen LogP contribution in [-0.2, 0) is 14.3 Å². The van der Waals surface area contributed by atoms with Crippen LogP contribution in [0.15, 0.2) is 0 Å². The van der Waals surface area contributed by atoms with E-state index < -0.39 is 0 Å². The van der Waals surface area contributed by atoms with Crippen LogP contribution >= 0.6 is 0 Å². The van der Waals surface area contributed by atoms with Gasteiger partial charge in [-0.25, -0.2) is 0 Å². The molecule has 1 amide bonds. The van der Waals surface area contributed by atoms with Crippen molar-refractivity contribution < 1.29 is 14.3 Å². The number of carbonyl (C=O) groups is 2. The van der Waals surface area contributed by atoms with Gasteiger partial charge in [0.15, 0.2) is 5.78 Å². The summed E-state index contributed by atoms with van der Waals surface area (Å²) in [7, 11) is 1.67. The van der Waals surface area contributed by atoms with Gasteiger partial charge in [0.2, 0.25) is 5.91 Å². The second kappa shape index (κ2) is 6.25. The number of methoxy groups -OCH3 is 1. The monoisotopic (exact) mass is 281 g/mol. The van der Waals surface area contributed by atoms with E-state index in [4.69, 9.17) is 4.74 Å². The first-order valence-corrected chi connectivity index (χ1v) is 7.81. The van der Waals surface area contributed by atoms with Crippen molar-refractivity contribution in [3.05, 3.63) is 0 Å². The van der Waals surface area contributed by atoms with E-state index in [1.807, 2.05) is 6.92 Å². The molecule has 4 heteroatoms. The van der Waals surface area contributed by atoms with Crippen molar-refractivity contribution in [2.75, 3.05) is 7.11 Å². The Morgan fingerprint density at radius 1 is 1.30 bits per heavy atom. The normalized spacial score (nSPS) is 31.6. The number of carbonyl (C=O) groups excluding carboxylic acids is 2. The fourth-order valence-electron chi connectivity index (χ4n) is 3.45. The molecule has 0 spiro atoms. The molecule has 2 saturated carbocycles. The van der Waals surface area contributed by atoms with E-state index in [2.05, 4.69) is 5.32 Å². The Bertz CT molecular complexity index is 376. The summed E-state index contributed by atoms with van der Waals surface area (Å²) in [6.07, 6.45) is 7.48. The molecule has 2 aliphatic rings. The van der Waals surface area contributed by atoms with Crippen LogP contribution in [0.3, 0.4) is 0 Å². The molecule has 0 aromatic rings. The second-order valence-electron chi connectivity index (χ2n) is 6.69. The molecule has 0 aromatic heterocycles. The highest BCUT2D eigenvalue weighted by atomic mass is 16.5. The molecule has 1 unspecified atom stereocenters.